The molecule has 0 N–H and O–H groups in total. The van der Waals surface area contributed by atoms with Gasteiger partial charge < -0.3 is 4.74 Å². The molecule has 0 amide bonds. The molecule has 0 spiro atoms. The van der Waals surface area contributed by atoms with Crippen molar-refractivity contribution < 1.29 is 18.3 Å². The molecule has 0 radical (unpaired) electrons. The summed E-state index contributed by atoms with van der Waals surface area (Å²) >= 11 is 3.44. The molecule has 0 aliphatic heterocycles. The van der Waals surface area contributed by atoms with Crippen LogP contribution in [0.3, 0.4) is 0 Å². The van der Waals surface area contributed by atoms with Gasteiger partial charge in [0.25, 0.3) is 6.43 Å². The van der Waals surface area contributed by atoms with E-state index in [1.54, 1.807) is 45.2 Å². The van der Waals surface area contributed by atoms with Gasteiger partial charge in [0.15, 0.2) is 5.69 Å². The maximum atomic E-state index is 12.6. The molecule has 0 saturated heterocycles. The first kappa shape index (κ1) is 13.0. The van der Waals surface area contributed by atoms with E-state index in [0.717, 1.165) is 0 Å². The van der Waals surface area contributed by atoms with Gasteiger partial charge in [-0.3, -0.25) is 0 Å². The quantitative estimate of drug-likeness (QED) is 0.405. The molecular weight excluding hydrogens is 434 g/mol. The van der Waals surface area contributed by atoms with Crippen molar-refractivity contribution in [1.29, 1.82) is 0 Å². The predicted molar refractivity (Wildman–Crippen MR) is 66.0 cm³/mol. The van der Waals surface area contributed by atoms with Crippen molar-refractivity contribution in [3.63, 3.8) is 0 Å². The molecule has 1 aromatic heterocycles. The van der Waals surface area contributed by atoms with Crippen LogP contribution in [-0.2, 0) is 4.74 Å². The molecule has 7 heteroatoms. The third kappa shape index (κ3) is 2.95. The van der Waals surface area contributed by atoms with Crippen LogP contribution < -0.4 is 0 Å². The van der Waals surface area contributed by atoms with E-state index in [0.29, 0.717) is 3.70 Å². The number of carbonyl (C=O) groups is 1. The van der Waals surface area contributed by atoms with Gasteiger partial charge in [-0.2, -0.15) is 0 Å². The number of esters is 1. The van der Waals surface area contributed by atoms with Crippen LogP contribution in [0.25, 0.3) is 0 Å². The smallest absolute Gasteiger partial charge is 0.357 e. The average Bonchev–Trinajstić information content (AvgIpc) is 2.19. The summed E-state index contributed by atoms with van der Waals surface area (Å²) in [6.07, 6.45) is -2.63. The van der Waals surface area contributed by atoms with Gasteiger partial charge in [0.05, 0.1) is 10.7 Å². The zero-order valence-electron chi connectivity index (χ0n) is 7.43. The van der Waals surface area contributed by atoms with Crippen LogP contribution in [0.15, 0.2) is 6.07 Å². The van der Waals surface area contributed by atoms with Crippen LogP contribution in [0.5, 0.6) is 0 Å². The van der Waals surface area contributed by atoms with E-state index in [4.69, 9.17) is 0 Å². The van der Waals surface area contributed by atoms with Crippen LogP contribution in [0.1, 0.15) is 22.5 Å². The predicted octanol–water partition coefficient (Wildman–Crippen LogP) is 3.02. The highest BCUT2D eigenvalue weighted by atomic mass is 127. The number of aromatic nitrogens is 1. The van der Waals surface area contributed by atoms with Gasteiger partial charge in [-0.1, -0.05) is 0 Å². The van der Waals surface area contributed by atoms with E-state index in [-0.39, 0.29) is 14.8 Å². The van der Waals surface area contributed by atoms with Crippen LogP contribution in [0.2, 0.25) is 0 Å². The second-order valence-corrected chi connectivity index (χ2v) is 4.67. The molecule has 1 aromatic rings. The third-order valence-corrected chi connectivity index (χ3v) is 3.25. The lowest BCUT2D eigenvalue weighted by atomic mass is 10.2. The zero-order valence-corrected chi connectivity index (χ0v) is 11.7. The number of pyridine rings is 1. The summed E-state index contributed by atoms with van der Waals surface area (Å²) in [5.74, 6) is -0.709. The van der Waals surface area contributed by atoms with E-state index in [2.05, 4.69) is 9.72 Å². The van der Waals surface area contributed by atoms with Crippen molar-refractivity contribution in [2.75, 3.05) is 7.11 Å². The highest BCUT2D eigenvalue weighted by Crippen LogP contribution is 2.27. The van der Waals surface area contributed by atoms with Gasteiger partial charge in [0, 0.05) is 5.56 Å². The number of hydrogen-bond acceptors (Lipinski definition) is 3. The van der Waals surface area contributed by atoms with Crippen molar-refractivity contribution in [3.8, 4) is 0 Å². The summed E-state index contributed by atoms with van der Waals surface area (Å²) < 4.78 is 30.1. The highest BCUT2D eigenvalue weighted by molar-refractivity contribution is 14.1. The molecule has 82 valence electrons. The van der Waals surface area contributed by atoms with Crippen LogP contribution in [0, 0.1) is 7.27 Å². The van der Waals surface area contributed by atoms with Crippen molar-refractivity contribution in [1.82, 2.24) is 4.98 Å². The Morgan fingerprint density at radius 1 is 1.53 bits per heavy atom. The summed E-state index contributed by atoms with van der Waals surface area (Å²) in [6, 6.07) is 1.25. The number of ether oxygens (including phenoxy) is 1. The van der Waals surface area contributed by atoms with Crippen molar-refractivity contribution in [2.24, 2.45) is 0 Å². The molecule has 0 saturated carbocycles. The number of alkyl halides is 2. The number of rotatable bonds is 2. The lowest BCUT2D eigenvalue weighted by molar-refractivity contribution is 0.0591. The first-order chi connectivity index (χ1) is 6.97. The van der Waals surface area contributed by atoms with Crippen molar-refractivity contribution in [3.05, 3.63) is 24.6 Å². The SMILES string of the molecule is COC(=O)c1nc(I)cc(C(F)F)c1I. The standard InChI is InChI=1S/C8H5F2I2NO2/c1-15-8(14)6-5(12)3(7(9)10)2-4(11)13-6/h2,7H,1H3. The van der Waals surface area contributed by atoms with Crippen LogP contribution in [-0.4, -0.2) is 18.1 Å². The molecule has 0 fully saturated rings. The Morgan fingerprint density at radius 2 is 2.13 bits per heavy atom. The number of carbonyl (C=O) groups excluding carboxylic acids is 1. The molecule has 0 atom stereocenters. The first-order valence-corrected chi connectivity index (χ1v) is 5.85. The lowest BCUT2D eigenvalue weighted by Crippen LogP contribution is -2.10. The number of halogens is 4. The van der Waals surface area contributed by atoms with Gasteiger partial charge >= 0.3 is 5.97 Å². The summed E-state index contributed by atoms with van der Waals surface area (Å²) in [7, 11) is 1.18. The topological polar surface area (TPSA) is 39.2 Å². The molecule has 15 heavy (non-hydrogen) atoms. The maximum Gasteiger partial charge on any atom is 0.357 e. The minimum atomic E-state index is -2.63. The summed E-state index contributed by atoms with van der Waals surface area (Å²) in [5.41, 5.74) is -0.268. The molecular formula is C8H5F2I2NO2. The largest absolute Gasteiger partial charge is 0.464 e. The fourth-order valence-corrected chi connectivity index (χ4v) is 2.22. The molecule has 0 aromatic carbocycles. The summed E-state index contributed by atoms with van der Waals surface area (Å²) in [4.78, 5) is 15.1. The Hall–Kier alpha value is -0.0600. The van der Waals surface area contributed by atoms with E-state index >= 15 is 0 Å². The molecule has 0 bridgehead atoms. The molecule has 0 unspecified atom stereocenters. The van der Waals surface area contributed by atoms with Gasteiger partial charge in [-0.15, -0.1) is 0 Å². The first-order valence-electron chi connectivity index (χ1n) is 3.69. The average molecular weight is 439 g/mol. The third-order valence-electron chi connectivity index (χ3n) is 1.57. The lowest BCUT2D eigenvalue weighted by Gasteiger charge is -2.07. The molecule has 1 heterocycles. The normalized spacial score (nSPS) is 10.5. The Balaban J connectivity index is 3.34. The Bertz CT molecular complexity index is 398. The zero-order chi connectivity index (χ0) is 11.6. The number of hydrogen-bond donors (Lipinski definition) is 0. The Labute approximate surface area is 112 Å². The fraction of sp³-hybridized carbons (Fsp3) is 0.250. The minimum Gasteiger partial charge on any atom is -0.464 e. The second kappa shape index (κ2) is 5.32. The van der Waals surface area contributed by atoms with E-state index in [9.17, 15) is 13.6 Å². The highest BCUT2D eigenvalue weighted by Gasteiger charge is 2.21. The molecule has 0 aliphatic rings. The second-order valence-electron chi connectivity index (χ2n) is 2.49. The fourth-order valence-electron chi connectivity index (χ4n) is 0.907. The summed E-state index contributed by atoms with van der Waals surface area (Å²) in [5, 5.41) is 0. The molecule has 0 aliphatic carbocycles. The minimum absolute atomic E-state index is 0.0692. The van der Waals surface area contributed by atoms with Crippen LogP contribution in [0.4, 0.5) is 8.78 Å². The monoisotopic (exact) mass is 439 g/mol. The Morgan fingerprint density at radius 3 is 2.60 bits per heavy atom. The maximum absolute atomic E-state index is 12.6. The van der Waals surface area contributed by atoms with Gasteiger partial charge in [0.2, 0.25) is 0 Å². The van der Waals surface area contributed by atoms with Gasteiger partial charge in [-0.25, -0.2) is 18.6 Å². The Kier molecular flexibility index (Phi) is 4.62. The molecule has 1 rings (SSSR count). The summed E-state index contributed by atoms with van der Waals surface area (Å²) in [6.45, 7) is 0. The number of methoxy groups -OCH3 is 1. The van der Waals surface area contributed by atoms with Crippen molar-refractivity contribution >= 4 is 51.2 Å². The van der Waals surface area contributed by atoms with Gasteiger partial charge in [0.1, 0.15) is 3.70 Å². The van der Waals surface area contributed by atoms with E-state index in [1.807, 2.05) is 0 Å². The number of nitrogens with zero attached hydrogens (tertiary/aromatic N) is 1. The van der Waals surface area contributed by atoms with E-state index in [1.165, 1.54) is 13.2 Å². The van der Waals surface area contributed by atoms with E-state index < -0.39 is 12.4 Å². The van der Waals surface area contributed by atoms with Crippen LogP contribution >= 0.6 is 45.2 Å². The molecule has 3 nitrogen and oxygen atoms in total. The van der Waals surface area contributed by atoms with Crippen molar-refractivity contribution in [2.45, 2.75) is 6.43 Å². The van der Waals surface area contributed by atoms with Gasteiger partial charge in [-0.05, 0) is 51.2 Å².